The molecule has 0 radical (unpaired) electrons. The summed E-state index contributed by atoms with van der Waals surface area (Å²) in [6, 6.07) is 0. The predicted molar refractivity (Wildman–Crippen MR) is 56.7 cm³/mol. The fourth-order valence-electron chi connectivity index (χ4n) is 0.617. The molecule has 0 heterocycles. The lowest BCUT2D eigenvalue weighted by atomic mass is 10.2. The van der Waals surface area contributed by atoms with Crippen LogP contribution in [0.4, 0.5) is 4.20 Å². The lowest BCUT2D eigenvalue weighted by molar-refractivity contribution is 0.0639. The monoisotopic (exact) mass is 232 g/mol. The van der Waals surface area contributed by atoms with Crippen LogP contribution in [-0.4, -0.2) is 11.2 Å². The van der Waals surface area contributed by atoms with Gasteiger partial charge in [-0.2, -0.15) is 0 Å². The topological polar surface area (TPSA) is 35.5 Å². The molecular formula is C10H14FO3P. The molecule has 0 N–H and O–H groups in total. The van der Waals surface area contributed by atoms with Crippen LogP contribution in [0, 0.1) is 24.7 Å². The van der Waals surface area contributed by atoms with Crippen LogP contribution in [-0.2, 0) is 13.6 Å². The minimum Gasteiger partial charge on any atom is -0.264 e. The normalized spacial score (nSPS) is 13.0. The minimum absolute atomic E-state index is 1.31. The average molecular weight is 232 g/mol. The molecule has 0 aromatic heterocycles. The first kappa shape index (κ1) is 14.2. The highest BCUT2D eigenvalue weighted by Gasteiger charge is 2.37. The van der Waals surface area contributed by atoms with Crippen molar-refractivity contribution in [3.05, 3.63) is 0 Å². The van der Waals surface area contributed by atoms with E-state index in [-0.39, 0.29) is 0 Å². The van der Waals surface area contributed by atoms with Gasteiger partial charge in [-0.25, -0.2) is 4.57 Å². The van der Waals surface area contributed by atoms with E-state index in [0.717, 1.165) is 0 Å². The van der Waals surface area contributed by atoms with Crippen molar-refractivity contribution in [3.8, 4) is 24.7 Å². The molecule has 0 rings (SSSR count). The zero-order valence-electron chi connectivity index (χ0n) is 9.20. The summed E-state index contributed by atoms with van der Waals surface area (Å²) in [6.45, 7) is 5.58. The van der Waals surface area contributed by atoms with Crippen molar-refractivity contribution in [2.75, 3.05) is 0 Å². The molecule has 5 heteroatoms. The SMILES string of the molecule is C#CC(C)(C)OP(=O)(F)OC(C)(C)C#C. The van der Waals surface area contributed by atoms with E-state index in [2.05, 4.69) is 20.9 Å². The Bertz CT molecular complexity index is 328. The molecule has 0 saturated heterocycles. The van der Waals surface area contributed by atoms with Gasteiger partial charge in [0.2, 0.25) is 0 Å². The van der Waals surface area contributed by atoms with Gasteiger partial charge in [-0.3, -0.25) is 9.05 Å². The Balaban J connectivity index is 4.70. The molecule has 0 aromatic rings. The third-order valence-corrected chi connectivity index (χ3v) is 2.72. The fraction of sp³-hybridized carbons (Fsp3) is 0.600. The second-order valence-corrected chi connectivity index (χ2v) is 5.15. The van der Waals surface area contributed by atoms with Crippen molar-refractivity contribution in [3.63, 3.8) is 0 Å². The number of terminal acetylenes is 2. The van der Waals surface area contributed by atoms with Crippen LogP contribution in [0.2, 0.25) is 0 Å². The molecule has 0 aliphatic rings. The Morgan fingerprint density at radius 1 is 1.07 bits per heavy atom. The largest absolute Gasteiger partial charge is 0.516 e. The van der Waals surface area contributed by atoms with Gasteiger partial charge in [0.25, 0.3) is 0 Å². The van der Waals surface area contributed by atoms with Crippen LogP contribution in [0.25, 0.3) is 0 Å². The molecular weight excluding hydrogens is 218 g/mol. The van der Waals surface area contributed by atoms with Crippen molar-refractivity contribution in [2.24, 2.45) is 0 Å². The van der Waals surface area contributed by atoms with Crippen molar-refractivity contribution >= 4 is 7.91 Å². The van der Waals surface area contributed by atoms with Crippen LogP contribution in [0.3, 0.4) is 0 Å². The molecule has 0 aliphatic heterocycles. The summed E-state index contributed by atoms with van der Waals surface area (Å²) in [4.78, 5) is 0. The first-order valence-corrected chi connectivity index (χ1v) is 5.64. The van der Waals surface area contributed by atoms with Gasteiger partial charge in [0.05, 0.1) is 0 Å². The van der Waals surface area contributed by atoms with Gasteiger partial charge < -0.3 is 0 Å². The lowest BCUT2D eigenvalue weighted by Crippen LogP contribution is -2.24. The predicted octanol–water partition coefficient (Wildman–Crippen LogP) is 2.92. The molecule has 0 aromatic carbocycles. The minimum atomic E-state index is -4.75. The molecule has 84 valence electrons. The molecule has 0 aliphatic carbocycles. The summed E-state index contributed by atoms with van der Waals surface area (Å²) >= 11 is 0. The van der Waals surface area contributed by atoms with Gasteiger partial charge in [0, 0.05) is 0 Å². The molecule has 0 spiro atoms. The summed E-state index contributed by atoms with van der Waals surface area (Å²) in [6.07, 6.45) is 10.1. The molecule has 0 atom stereocenters. The Morgan fingerprint density at radius 2 is 1.33 bits per heavy atom. The third kappa shape index (κ3) is 5.60. The number of hydrogen-bond acceptors (Lipinski definition) is 3. The van der Waals surface area contributed by atoms with Gasteiger partial charge in [-0.15, -0.1) is 17.0 Å². The highest BCUT2D eigenvalue weighted by molar-refractivity contribution is 7.48. The maximum atomic E-state index is 13.4. The summed E-state index contributed by atoms with van der Waals surface area (Å²) in [7, 11) is -4.75. The van der Waals surface area contributed by atoms with E-state index in [1.54, 1.807) is 0 Å². The van der Waals surface area contributed by atoms with E-state index in [1.165, 1.54) is 27.7 Å². The maximum absolute atomic E-state index is 13.4. The summed E-state index contributed by atoms with van der Waals surface area (Å²) in [5.74, 6) is 4.27. The van der Waals surface area contributed by atoms with E-state index in [9.17, 15) is 8.76 Å². The first-order valence-electron chi connectivity index (χ1n) is 4.20. The third-order valence-electron chi connectivity index (χ3n) is 1.37. The van der Waals surface area contributed by atoms with E-state index in [0.29, 0.717) is 0 Å². The van der Waals surface area contributed by atoms with E-state index in [4.69, 9.17) is 12.8 Å². The second kappa shape index (κ2) is 4.37. The average Bonchev–Trinajstić information content (AvgIpc) is 2.00. The summed E-state index contributed by atoms with van der Waals surface area (Å²) in [5.41, 5.74) is -2.62. The molecule has 0 bridgehead atoms. The smallest absolute Gasteiger partial charge is 0.264 e. The van der Waals surface area contributed by atoms with Crippen LogP contribution < -0.4 is 0 Å². The quantitative estimate of drug-likeness (QED) is 0.552. The van der Waals surface area contributed by atoms with Crippen molar-refractivity contribution < 1.29 is 17.8 Å². The van der Waals surface area contributed by atoms with Gasteiger partial charge in [-0.1, -0.05) is 11.8 Å². The zero-order valence-corrected chi connectivity index (χ0v) is 10.1. The van der Waals surface area contributed by atoms with Gasteiger partial charge in [0.15, 0.2) is 0 Å². The van der Waals surface area contributed by atoms with Crippen LogP contribution in [0.5, 0.6) is 0 Å². The van der Waals surface area contributed by atoms with Crippen molar-refractivity contribution in [1.82, 2.24) is 0 Å². The number of halogens is 1. The van der Waals surface area contributed by atoms with E-state index in [1.807, 2.05) is 0 Å². The Morgan fingerprint density at radius 3 is 1.53 bits per heavy atom. The van der Waals surface area contributed by atoms with Gasteiger partial charge >= 0.3 is 7.91 Å². The van der Waals surface area contributed by atoms with E-state index >= 15 is 0 Å². The van der Waals surface area contributed by atoms with Crippen LogP contribution >= 0.6 is 7.91 Å². The first-order chi connectivity index (χ1) is 6.54. The highest BCUT2D eigenvalue weighted by Crippen LogP contribution is 2.55. The lowest BCUT2D eigenvalue weighted by Gasteiger charge is -2.25. The highest BCUT2D eigenvalue weighted by atomic mass is 31.2. The van der Waals surface area contributed by atoms with Crippen LogP contribution in [0.1, 0.15) is 27.7 Å². The Kier molecular flexibility index (Phi) is 4.14. The van der Waals surface area contributed by atoms with E-state index < -0.39 is 19.1 Å². The summed E-state index contributed by atoms with van der Waals surface area (Å²) < 4.78 is 33.7. The number of hydrogen-bond donors (Lipinski definition) is 0. The van der Waals surface area contributed by atoms with Crippen molar-refractivity contribution in [1.29, 1.82) is 0 Å². The number of rotatable bonds is 4. The Hall–Kier alpha value is -0.800. The molecule has 0 unspecified atom stereocenters. The molecule has 3 nitrogen and oxygen atoms in total. The van der Waals surface area contributed by atoms with Crippen molar-refractivity contribution in [2.45, 2.75) is 38.9 Å². The van der Waals surface area contributed by atoms with Gasteiger partial charge in [-0.05, 0) is 27.7 Å². The zero-order chi connectivity index (χ0) is 12.3. The molecule has 0 saturated carbocycles. The Labute approximate surface area is 90.0 Å². The molecule has 15 heavy (non-hydrogen) atoms. The standard InChI is InChI=1S/C10H14FO3P/c1-7-9(3,4)13-15(11,12)14-10(5,6)8-2/h1-2H,3-6H3. The van der Waals surface area contributed by atoms with Gasteiger partial charge in [0.1, 0.15) is 11.2 Å². The van der Waals surface area contributed by atoms with Crippen LogP contribution in [0.15, 0.2) is 0 Å². The summed E-state index contributed by atoms with van der Waals surface area (Å²) in [5, 5.41) is 0. The maximum Gasteiger partial charge on any atom is 0.516 e. The fourth-order valence-corrected chi connectivity index (χ4v) is 1.85. The molecule has 0 fully saturated rings. The second-order valence-electron chi connectivity index (χ2n) is 3.92. The molecule has 0 amide bonds.